The average Bonchev–Trinajstić information content (AvgIpc) is 2.88. The Bertz CT molecular complexity index is 722. The lowest BCUT2D eigenvalue weighted by molar-refractivity contribution is 0.186. The monoisotopic (exact) mass is 334 g/mol. The van der Waals surface area contributed by atoms with Crippen LogP contribution >= 0.6 is 0 Å². The summed E-state index contributed by atoms with van der Waals surface area (Å²) >= 11 is 0. The Morgan fingerprint density at radius 2 is 2.05 bits per heavy atom. The van der Waals surface area contributed by atoms with Crippen LogP contribution in [0.5, 0.6) is 0 Å². The van der Waals surface area contributed by atoms with Gasteiger partial charge >= 0.3 is 0 Å². The normalized spacial score (nSPS) is 19.8. The van der Waals surface area contributed by atoms with E-state index in [4.69, 9.17) is 10.5 Å². The van der Waals surface area contributed by atoms with Gasteiger partial charge < -0.3 is 10.5 Å². The van der Waals surface area contributed by atoms with Crippen molar-refractivity contribution in [2.24, 2.45) is 5.92 Å². The van der Waals surface area contributed by atoms with Gasteiger partial charge in [-0.15, -0.1) is 0 Å². The van der Waals surface area contributed by atoms with Crippen molar-refractivity contribution < 1.29 is 21.6 Å². The van der Waals surface area contributed by atoms with Gasteiger partial charge in [-0.3, -0.25) is 0 Å². The predicted octanol–water partition coefficient (Wildman–Crippen LogP) is -0.0129. The molecule has 9 heteroatoms. The maximum absolute atomic E-state index is 12.3. The Labute approximate surface area is 124 Å². The Hall–Kier alpha value is -1.16. The first kappa shape index (κ1) is 16.2. The summed E-state index contributed by atoms with van der Waals surface area (Å²) in [6.45, 7) is 1.38. The minimum Gasteiger partial charge on any atom is -0.398 e. The molecule has 1 fully saturated rings. The van der Waals surface area contributed by atoms with Crippen molar-refractivity contribution in [1.82, 2.24) is 4.72 Å². The quantitative estimate of drug-likeness (QED) is 0.732. The third-order valence-electron chi connectivity index (χ3n) is 3.29. The van der Waals surface area contributed by atoms with Gasteiger partial charge in [0.05, 0.1) is 17.2 Å². The lowest BCUT2D eigenvalue weighted by Crippen LogP contribution is -2.30. The summed E-state index contributed by atoms with van der Waals surface area (Å²) in [7, 11) is -7.36. The second-order valence-electron chi connectivity index (χ2n) is 5.05. The predicted molar refractivity (Wildman–Crippen MR) is 78.1 cm³/mol. The number of rotatable bonds is 5. The molecule has 1 aliphatic heterocycles. The number of sulfone groups is 1. The van der Waals surface area contributed by atoms with E-state index < -0.39 is 19.9 Å². The number of hydrogen-bond donors (Lipinski definition) is 2. The van der Waals surface area contributed by atoms with Gasteiger partial charge in [0.2, 0.25) is 10.0 Å². The van der Waals surface area contributed by atoms with E-state index in [1.807, 2.05) is 0 Å². The zero-order valence-corrected chi connectivity index (χ0v) is 13.2. The van der Waals surface area contributed by atoms with E-state index in [1.54, 1.807) is 0 Å². The first-order valence-electron chi connectivity index (χ1n) is 6.37. The number of nitrogens with two attached hydrogens (primary N) is 1. The average molecular weight is 334 g/mol. The summed E-state index contributed by atoms with van der Waals surface area (Å²) in [6, 6.07) is 3.65. The molecule has 21 heavy (non-hydrogen) atoms. The van der Waals surface area contributed by atoms with E-state index >= 15 is 0 Å². The summed E-state index contributed by atoms with van der Waals surface area (Å²) in [5.74, 6) is 0.124. The molecule has 118 valence electrons. The van der Waals surface area contributed by atoms with Gasteiger partial charge in [0, 0.05) is 19.4 Å². The molecule has 0 saturated carbocycles. The van der Waals surface area contributed by atoms with E-state index in [0.29, 0.717) is 13.2 Å². The van der Waals surface area contributed by atoms with E-state index in [1.165, 1.54) is 12.1 Å². The lowest BCUT2D eigenvalue weighted by Gasteiger charge is -2.12. The Morgan fingerprint density at radius 3 is 2.62 bits per heavy atom. The number of ether oxygens (including phenoxy) is 1. The molecule has 1 heterocycles. The molecule has 7 nitrogen and oxygen atoms in total. The molecule has 0 aliphatic carbocycles. The van der Waals surface area contributed by atoms with Crippen LogP contribution in [0.2, 0.25) is 0 Å². The van der Waals surface area contributed by atoms with E-state index in [2.05, 4.69) is 4.72 Å². The van der Waals surface area contributed by atoms with Gasteiger partial charge in [-0.05, 0) is 30.5 Å². The third-order valence-corrected chi connectivity index (χ3v) is 5.88. The van der Waals surface area contributed by atoms with Crippen LogP contribution in [-0.2, 0) is 24.6 Å². The minimum atomic E-state index is -3.86. The number of hydrogen-bond acceptors (Lipinski definition) is 6. The number of sulfonamides is 1. The molecule has 3 N–H and O–H groups in total. The number of anilines is 1. The standard InChI is InChI=1S/C12H18N2O5S2/c1-20(15,16)10-2-3-11(13)12(6-10)21(17,18)14-7-9-4-5-19-8-9/h2-3,6,9,14H,4-5,7-8,13H2,1H3. The fourth-order valence-corrected chi connectivity index (χ4v) is 4.02. The van der Waals surface area contributed by atoms with Crippen LogP contribution in [0.1, 0.15) is 6.42 Å². The van der Waals surface area contributed by atoms with Crippen LogP contribution in [0.3, 0.4) is 0 Å². The number of nitrogens with one attached hydrogen (secondary N) is 1. The lowest BCUT2D eigenvalue weighted by atomic mass is 10.1. The molecule has 0 spiro atoms. The highest BCUT2D eigenvalue weighted by atomic mass is 32.2. The van der Waals surface area contributed by atoms with Crippen LogP contribution < -0.4 is 10.5 Å². The summed E-state index contributed by atoms with van der Waals surface area (Å²) in [5.41, 5.74) is 5.68. The molecular weight excluding hydrogens is 316 g/mol. The van der Waals surface area contributed by atoms with Crippen LogP contribution in [0.4, 0.5) is 5.69 Å². The topological polar surface area (TPSA) is 116 Å². The molecule has 1 saturated heterocycles. The van der Waals surface area contributed by atoms with Gasteiger partial charge in [0.15, 0.2) is 9.84 Å². The van der Waals surface area contributed by atoms with Crippen molar-refractivity contribution in [1.29, 1.82) is 0 Å². The summed E-state index contributed by atoms with van der Waals surface area (Å²) in [5, 5.41) is 0. The second-order valence-corrected chi connectivity index (χ2v) is 8.80. The van der Waals surface area contributed by atoms with Crippen LogP contribution in [0.15, 0.2) is 28.0 Å². The zero-order chi connectivity index (χ0) is 15.7. The SMILES string of the molecule is CS(=O)(=O)c1ccc(N)c(S(=O)(=O)NCC2CCOC2)c1. The van der Waals surface area contributed by atoms with E-state index in [0.717, 1.165) is 18.7 Å². The fourth-order valence-electron chi connectivity index (χ4n) is 2.03. The molecule has 1 atom stereocenters. The molecule has 1 aromatic carbocycles. The van der Waals surface area contributed by atoms with Crippen LogP contribution in [-0.4, -0.2) is 42.8 Å². The van der Waals surface area contributed by atoms with Crippen LogP contribution in [0, 0.1) is 5.92 Å². The zero-order valence-electron chi connectivity index (χ0n) is 11.6. The highest BCUT2D eigenvalue weighted by Gasteiger charge is 2.23. The van der Waals surface area contributed by atoms with Gasteiger partial charge in [-0.25, -0.2) is 21.6 Å². The molecule has 2 rings (SSSR count). The first-order valence-corrected chi connectivity index (χ1v) is 9.74. The first-order chi connectivity index (χ1) is 9.70. The molecule has 0 aromatic heterocycles. The summed E-state index contributed by atoms with van der Waals surface area (Å²) < 4.78 is 55.2. The molecule has 1 unspecified atom stereocenters. The van der Waals surface area contributed by atoms with Gasteiger partial charge in [0.1, 0.15) is 4.90 Å². The molecule has 0 amide bonds. The largest absolute Gasteiger partial charge is 0.398 e. The summed E-state index contributed by atoms with van der Waals surface area (Å²) in [6.07, 6.45) is 1.81. The Kier molecular flexibility index (Phi) is 4.57. The molecule has 0 bridgehead atoms. The molecule has 1 aliphatic rings. The fraction of sp³-hybridized carbons (Fsp3) is 0.500. The number of nitrogen functional groups attached to an aromatic ring is 1. The number of benzene rings is 1. The smallest absolute Gasteiger partial charge is 0.242 e. The molecular formula is C12H18N2O5S2. The Morgan fingerprint density at radius 1 is 1.33 bits per heavy atom. The van der Waals surface area contributed by atoms with Crippen LogP contribution in [0.25, 0.3) is 0 Å². The maximum Gasteiger partial charge on any atom is 0.242 e. The third kappa shape index (κ3) is 3.94. The van der Waals surface area contributed by atoms with E-state index in [-0.39, 0.29) is 27.9 Å². The van der Waals surface area contributed by atoms with Gasteiger partial charge in [-0.2, -0.15) is 0 Å². The Balaban J connectivity index is 2.26. The minimum absolute atomic E-state index is 0.0116. The van der Waals surface area contributed by atoms with Gasteiger partial charge in [0.25, 0.3) is 0 Å². The highest BCUT2D eigenvalue weighted by Crippen LogP contribution is 2.23. The van der Waals surface area contributed by atoms with Crippen molar-refractivity contribution in [3.8, 4) is 0 Å². The van der Waals surface area contributed by atoms with Crippen molar-refractivity contribution in [3.05, 3.63) is 18.2 Å². The van der Waals surface area contributed by atoms with Gasteiger partial charge in [-0.1, -0.05) is 0 Å². The van der Waals surface area contributed by atoms with Crippen molar-refractivity contribution in [2.75, 3.05) is 31.7 Å². The van der Waals surface area contributed by atoms with Crippen molar-refractivity contribution in [2.45, 2.75) is 16.2 Å². The maximum atomic E-state index is 12.3. The van der Waals surface area contributed by atoms with Crippen molar-refractivity contribution in [3.63, 3.8) is 0 Å². The second kappa shape index (κ2) is 5.91. The van der Waals surface area contributed by atoms with Crippen molar-refractivity contribution >= 4 is 25.5 Å². The molecule has 1 aromatic rings. The molecule has 0 radical (unpaired) electrons. The highest BCUT2D eigenvalue weighted by molar-refractivity contribution is 7.91. The van der Waals surface area contributed by atoms with E-state index in [9.17, 15) is 16.8 Å². The summed E-state index contributed by atoms with van der Waals surface area (Å²) in [4.78, 5) is -0.300.